The first-order chi connectivity index (χ1) is 16.2. The molecule has 0 radical (unpaired) electrons. The normalized spacial score (nSPS) is 14.0. The number of hydrogen-bond acceptors (Lipinski definition) is 1. The van der Waals surface area contributed by atoms with Crippen molar-refractivity contribution in [3.05, 3.63) is 127 Å². The third-order valence-corrected chi connectivity index (χ3v) is 9.04. The Hall–Kier alpha value is -2.33. The highest BCUT2D eigenvalue weighted by Crippen LogP contribution is 2.46. The molecule has 2 aliphatic carbocycles. The summed E-state index contributed by atoms with van der Waals surface area (Å²) in [6.07, 6.45) is 6.68. The van der Waals surface area contributed by atoms with Crippen molar-refractivity contribution in [1.29, 1.82) is 0 Å². The Labute approximate surface area is 215 Å². The Balaban J connectivity index is 1.40. The van der Waals surface area contributed by atoms with E-state index in [0.717, 1.165) is 12.8 Å². The molecule has 0 bridgehead atoms. The maximum Gasteiger partial charge on any atom is 0.0217 e. The van der Waals surface area contributed by atoms with Crippen molar-refractivity contribution < 1.29 is 0 Å². The summed E-state index contributed by atoms with van der Waals surface area (Å²) in [4.78, 5) is 2.62. The maximum absolute atomic E-state index is 3.80. The average molecular weight is 572 g/mol. The summed E-state index contributed by atoms with van der Waals surface area (Å²) in [6, 6.07) is 30.3. The second kappa shape index (κ2) is 8.79. The summed E-state index contributed by atoms with van der Waals surface area (Å²) in [7, 11) is 0. The molecule has 0 aromatic heterocycles. The molecule has 6 rings (SSSR count). The summed E-state index contributed by atoms with van der Waals surface area (Å²) >= 11 is 9.48. The highest BCUT2D eigenvalue weighted by atomic mass is 79.9. The molecule has 0 unspecified atom stereocenters. The molecule has 160 valence electrons. The molecule has 0 heterocycles. The van der Waals surface area contributed by atoms with Crippen LogP contribution in [0.4, 0.5) is 0 Å². The van der Waals surface area contributed by atoms with Crippen molar-refractivity contribution in [3.63, 3.8) is 0 Å². The molecule has 0 saturated heterocycles. The third kappa shape index (κ3) is 3.97. The van der Waals surface area contributed by atoms with Gasteiger partial charge in [0.15, 0.2) is 0 Å². The lowest BCUT2D eigenvalue weighted by Gasteiger charge is -2.12. The third-order valence-electron chi connectivity index (χ3n) is 6.40. The van der Waals surface area contributed by atoms with Crippen molar-refractivity contribution >= 4 is 66.9 Å². The van der Waals surface area contributed by atoms with Crippen LogP contribution in [0.15, 0.2) is 104 Å². The van der Waals surface area contributed by atoms with Crippen molar-refractivity contribution in [1.82, 2.24) is 0 Å². The summed E-state index contributed by atoms with van der Waals surface area (Å²) in [5, 5.41) is 0. The first-order valence-corrected chi connectivity index (χ1v) is 13.4. The molecule has 0 atom stereocenters. The van der Waals surface area contributed by atoms with Crippen LogP contribution < -0.4 is 0 Å². The van der Waals surface area contributed by atoms with Gasteiger partial charge in [0.1, 0.15) is 0 Å². The fourth-order valence-electron chi connectivity index (χ4n) is 4.71. The molecule has 0 saturated carbocycles. The van der Waals surface area contributed by atoms with Gasteiger partial charge in [0, 0.05) is 18.7 Å². The SMILES string of the molecule is Brc1ccc(Sc2ccc(Br)c3c2C=C(c2ccccc2)C3)c2c1CC(c1ccccc1)=C2. The number of fused-ring (bicyclic) bond motifs is 2. The van der Waals surface area contributed by atoms with Crippen LogP contribution in [0.5, 0.6) is 0 Å². The van der Waals surface area contributed by atoms with E-state index < -0.39 is 0 Å². The lowest BCUT2D eigenvalue weighted by molar-refractivity contribution is 1.23. The van der Waals surface area contributed by atoms with Crippen LogP contribution in [0.2, 0.25) is 0 Å². The van der Waals surface area contributed by atoms with Gasteiger partial charge in [-0.1, -0.05) is 104 Å². The van der Waals surface area contributed by atoms with Crippen molar-refractivity contribution in [2.24, 2.45) is 0 Å². The van der Waals surface area contributed by atoms with Gasteiger partial charge in [-0.3, -0.25) is 0 Å². The Morgan fingerprint density at radius 1 is 0.515 bits per heavy atom. The number of halogens is 2. The minimum absolute atomic E-state index is 0.963. The first kappa shape index (κ1) is 21.2. The van der Waals surface area contributed by atoms with Crippen LogP contribution in [0.1, 0.15) is 33.4 Å². The van der Waals surface area contributed by atoms with Crippen LogP contribution in [-0.2, 0) is 12.8 Å². The van der Waals surface area contributed by atoms with Crippen LogP contribution >= 0.6 is 43.6 Å². The van der Waals surface area contributed by atoms with Gasteiger partial charge in [-0.15, -0.1) is 0 Å². The zero-order valence-electron chi connectivity index (χ0n) is 17.8. The minimum Gasteiger partial charge on any atom is -0.0888 e. The molecule has 2 aliphatic rings. The number of rotatable bonds is 4. The van der Waals surface area contributed by atoms with Crippen LogP contribution in [-0.4, -0.2) is 0 Å². The molecule has 0 nitrogen and oxygen atoms in total. The van der Waals surface area contributed by atoms with Gasteiger partial charge in [-0.2, -0.15) is 0 Å². The lowest BCUT2D eigenvalue weighted by Crippen LogP contribution is -1.91. The van der Waals surface area contributed by atoms with E-state index in [2.05, 4.69) is 129 Å². The van der Waals surface area contributed by atoms with E-state index in [4.69, 9.17) is 0 Å². The van der Waals surface area contributed by atoms with Gasteiger partial charge in [0.25, 0.3) is 0 Å². The Kier molecular flexibility index (Phi) is 5.65. The Bertz CT molecular complexity index is 1320. The first-order valence-electron chi connectivity index (χ1n) is 11.0. The second-order valence-corrected chi connectivity index (χ2v) is 11.2. The van der Waals surface area contributed by atoms with Crippen molar-refractivity contribution in [2.75, 3.05) is 0 Å². The zero-order valence-corrected chi connectivity index (χ0v) is 21.8. The highest BCUT2D eigenvalue weighted by Gasteiger charge is 2.23. The van der Waals surface area contributed by atoms with Crippen LogP contribution in [0.3, 0.4) is 0 Å². The summed E-state index contributed by atoms with van der Waals surface area (Å²) in [5.41, 5.74) is 10.8. The summed E-state index contributed by atoms with van der Waals surface area (Å²) in [6.45, 7) is 0. The Morgan fingerprint density at radius 2 is 0.939 bits per heavy atom. The van der Waals surface area contributed by atoms with Crippen molar-refractivity contribution in [3.8, 4) is 0 Å². The summed E-state index contributed by atoms with van der Waals surface area (Å²) < 4.78 is 2.38. The van der Waals surface area contributed by atoms with Crippen molar-refractivity contribution in [2.45, 2.75) is 22.6 Å². The fraction of sp³-hybridized carbons (Fsp3) is 0.0667. The monoisotopic (exact) mass is 570 g/mol. The van der Waals surface area contributed by atoms with E-state index in [1.165, 1.54) is 63.3 Å². The fourth-order valence-corrected chi connectivity index (χ4v) is 6.78. The molecule has 0 amide bonds. The van der Waals surface area contributed by atoms with Gasteiger partial charge in [0.2, 0.25) is 0 Å². The predicted octanol–water partition coefficient (Wildman–Crippen LogP) is 9.56. The molecule has 0 spiro atoms. The van der Waals surface area contributed by atoms with Gasteiger partial charge < -0.3 is 0 Å². The Morgan fingerprint density at radius 3 is 1.36 bits per heavy atom. The number of allylic oxidation sites excluding steroid dienone is 2. The maximum atomic E-state index is 3.80. The van der Waals surface area contributed by atoms with Crippen LogP contribution in [0.25, 0.3) is 23.3 Å². The molecular formula is C30H20Br2S. The van der Waals surface area contributed by atoms with Gasteiger partial charge >= 0.3 is 0 Å². The standard InChI is InChI=1S/C30H20Br2S/c31-27-11-13-29(25-17-21(15-23(25)27)19-7-3-1-4-8-19)33-30-14-12-28(32)24-16-22(18-26(24)30)20-9-5-2-6-10-20/h1-14,17-18H,15-16H2. The van der Waals surface area contributed by atoms with Gasteiger partial charge in [0.05, 0.1) is 0 Å². The molecular weight excluding hydrogens is 552 g/mol. The van der Waals surface area contributed by atoms with E-state index in [9.17, 15) is 0 Å². The molecule has 4 aromatic rings. The van der Waals surface area contributed by atoms with E-state index in [-0.39, 0.29) is 0 Å². The van der Waals surface area contributed by atoms with Gasteiger partial charge in [-0.25, -0.2) is 0 Å². The number of benzene rings is 4. The molecule has 0 aliphatic heterocycles. The second-order valence-electron chi connectivity index (χ2n) is 8.40. The molecule has 0 fully saturated rings. The quantitative estimate of drug-likeness (QED) is 0.235. The smallest absolute Gasteiger partial charge is 0.0217 e. The highest BCUT2D eigenvalue weighted by molar-refractivity contribution is 9.10. The number of hydrogen-bond donors (Lipinski definition) is 0. The molecule has 4 aromatic carbocycles. The minimum atomic E-state index is 0.963. The largest absolute Gasteiger partial charge is 0.0888 e. The van der Waals surface area contributed by atoms with E-state index in [1.807, 2.05) is 11.8 Å². The molecule has 33 heavy (non-hydrogen) atoms. The molecule has 0 N–H and O–H groups in total. The topological polar surface area (TPSA) is 0 Å². The van der Waals surface area contributed by atoms with Crippen LogP contribution in [0, 0.1) is 0 Å². The molecule has 3 heteroatoms. The summed E-state index contributed by atoms with van der Waals surface area (Å²) in [5.74, 6) is 0. The van der Waals surface area contributed by atoms with E-state index >= 15 is 0 Å². The van der Waals surface area contributed by atoms with E-state index in [0.29, 0.717) is 0 Å². The van der Waals surface area contributed by atoms with Gasteiger partial charge in [-0.05, 0) is 93.8 Å². The van der Waals surface area contributed by atoms with E-state index in [1.54, 1.807) is 0 Å². The zero-order chi connectivity index (χ0) is 22.4. The predicted molar refractivity (Wildman–Crippen MR) is 148 cm³/mol. The lowest BCUT2D eigenvalue weighted by atomic mass is 10.0. The average Bonchev–Trinajstić information content (AvgIpc) is 3.51.